The lowest BCUT2D eigenvalue weighted by atomic mass is 10.8. The van der Waals surface area contributed by atoms with Crippen molar-refractivity contribution in [2.24, 2.45) is 0 Å². The molecule has 1 aliphatic rings. The summed E-state index contributed by atoms with van der Waals surface area (Å²) in [5.41, 5.74) is 0. The molecule has 1 saturated heterocycles. The lowest BCUT2D eigenvalue weighted by Gasteiger charge is -1.91. The zero-order valence-corrected chi connectivity index (χ0v) is 5.13. The monoisotopic (exact) mass is 113 g/mol. The Balaban J connectivity index is 1.96. The van der Waals surface area contributed by atoms with Crippen molar-refractivity contribution < 1.29 is 4.74 Å². The topological polar surface area (TPSA) is 12.2 Å². The number of hydrogen-bond acceptors (Lipinski definition) is 2. The molecule has 8 heavy (non-hydrogen) atoms. The average Bonchev–Trinajstić information content (AvgIpc) is 2.51. The molecule has 1 fully saturated rings. The Kier molecular flexibility index (Phi) is 1.78. The van der Waals surface area contributed by atoms with Gasteiger partial charge >= 0.3 is 0 Å². The van der Waals surface area contributed by atoms with Crippen LogP contribution < -0.4 is 0 Å². The summed E-state index contributed by atoms with van der Waals surface area (Å²) in [6.45, 7) is 5.14. The van der Waals surface area contributed by atoms with Crippen molar-refractivity contribution in [1.29, 1.82) is 0 Å². The third kappa shape index (κ3) is 1.87. The van der Waals surface area contributed by atoms with E-state index in [2.05, 4.69) is 4.90 Å². The minimum Gasteiger partial charge on any atom is -0.500 e. The Morgan fingerprint density at radius 1 is 1.62 bits per heavy atom. The zero-order chi connectivity index (χ0) is 5.82. The van der Waals surface area contributed by atoms with Gasteiger partial charge in [-0.2, -0.15) is 0 Å². The maximum Gasteiger partial charge on any atom is 0.0987 e. The molecule has 0 saturated carbocycles. The fourth-order valence-electron chi connectivity index (χ4n) is 0.432. The van der Waals surface area contributed by atoms with Gasteiger partial charge in [0.1, 0.15) is 0 Å². The van der Waals surface area contributed by atoms with Crippen LogP contribution in [0.2, 0.25) is 0 Å². The summed E-state index contributed by atoms with van der Waals surface area (Å²) in [6, 6.07) is 0. The molecule has 0 aromatic rings. The van der Waals surface area contributed by atoms with Crippen molar-refractivity contribution in [2.75, 3.05) is 19.7 Å². The summed E-state index contributed by atoms with van der Waals surface area (Å²) < 4.78 is 4.96. The van der Waals surface area contributed by atoms with Gasteiger partial charge in [0.05, 0.1) is 12.9 Å². The highest BCUT2D eigenvalue weighted by Gasteiger charge is 2.10. The molecule has 2 heteroatoms. The highest BCUT2D eigenvalue weighted by atomic mass is 16.5. The van der Waals surface area contributed by atoms with Gasteiger partial charge in [-0.05, 0) is 6.92 Å². The van der Waals surface area contributed by atoms with E-state index in [0.29, 0.717) is 0 Å². The summed E-state index contributed by atoms with van der Waals surface area (Å²) in [7, 11) is 0. The minimum atomic E-state index is 0.768. The molecule has 0 amide bonds. The Morgan fingerprint density at radius 3 is 2.88 bits per heavy atom. The largest absolute Gasteiger partial charge is 0.500 e. The predicted molar refractivity (Wildman–Crippen MR) is 32.3 cm³/mol. The van der Waals surface area contributed by atoms with Gasteiger partial charge in [0.15, 0.2) is 0 Å². The van der Waals surface area contributed by atoms with E-state index in [1.807, 2.05) is 13.1 Å². The molecule has 1 aliphatic heterocycles. The standard InChI is InChI=1S/C6H11NO/c1-2-8-6-5-7-3-4-7/h5-6H,2-4H2,1H3/b6-5-. The first kappa shape index (κ1) is 5.48. The smallest absolute Gasteiger partial charge is 0.0987 e. The predicted octanol–water partition coefficient (Wildman–Crippen LogP) is 0.810. The van der Waals surface area contributed by atoms with Crippen LogP contribution in [0.25, 0.3) is 0 Å². The molecule has 0 spiro atoms. The highest BCUT2D eigenvalue weighted by molar-refractivity contribution is 4.85. The minimum absolute atomic E-state index is 0.768. The molecule has 0 bridgehead atoms. The van der Waals surface area contributed by atoms with Crippen LogP contribution in [0.5, 0.6) is 0 Å². The summed E-state index contributed by atoms with van der Waals surface area (Å²) in [5.74, 6) is 0. The van der Waals surface area contributed by atoms with Crippen LogP contribution in [-0.2, 0) is 4.74 Å². The van der Waals surface area contributed by atoms with Crippen molar-refractivity contribution in [1.82, 2.24) is 4.90 Å². The van der Waals surface area contributed by atoms with Crippen LogP contribution in [0.3, 0.4) is 0 Å². The number of rotatable bonds is 3. The Bertz CT molecular complexity index is 86.5. The molecule has 46 valence electrons. The maximum atomic E-state index is 4.96. The number of ether oxygens (including phenoxy) is 1. The molecule has 0 aromatic heterocycles. The summed E-state index contributed by atoms with van der Waals surface area (Å²) in [5, 5.41) is 0. The van der Waals surface area contributed by atoms with E-state index in [9.17, 15) is 0 Å². The molecule has 2 nitrogen and oxygen atoms in total. The molecular weight excluding hydrogens is 102 g/mol. The van der Waals surface area contributed by atoms with E-state index in [1.165, 1.54) is 13.1 Å². The van der Waals surface area contributed by atoms with Crippen LogP contribution in [0.1, 0.15) is 6.92 Å². The van der Waals surface area contributed by atoms with Crippen molar-refractivity contribution in [3.63, 3.8) is 0 Å². The molecule has 0 atom stereocenters. The van der Waals surface area contributed by atoms with Crippen LogP contribution in [0, 0.1) is 0 Å². The lowest BCUT2D eigenvalue weighted by molar-refractivity contribution is 0.265. The highest BCUT2D eigenvalue weighted by Crippen LogP contribution is 2.02. The average molecular weight is 113 g/mol. The first-order valence-corrected chi connectivity index (χ1v) is 2.96. The van der Waals surface area contributed by atoms with Gasteiger partial charge in [-0.1, -0.05) is 0 Å². The summed E-state index contributed by atoms with van der Waals surface area (Å²) >= 11 is 0. The Morgan fingerprint density at radius 2 is 2.38 bits per heavy atom. The van der Waals surface area contributed by atoms with Gasteiger partial charge in [-0.25, -0.2) is 0 Å². The molecule has 1 rings (SSSR count). The van der Waals surface area contributed by atoms with Crippen LogP contribution in [-0.4, -0.2) is 24.6 Å². The maximum absolute atomic E-state index is 4.96. The normalized spacial score (nSPS) is 17.4. The quantitative estimate of drug-likeness (QED) is 0.396. The second kappa shape index (κ2) is 2.60. The first-order chi connectivity index (χ1) is 3.93. The fourth-order valence-corrected chi connectivity index (χ4v) is 0.432. The first-order valence-electron chi connectivity index (χ1n) is 2.96. The van der Waals surface area contributed by atoms with Crippen molar-refractivity contribution >= 4 is 0 Å². The molecule has 1 heterocycles. The van der Waals surface area contributed by atoms with E-state index in [-0.39, 0.29) is 0 Å². The number of nitrogens with zero attached hydrogens (tertiary/aromatic N) is 1. The zero-order valence-electron chi connectivity index (χ0n) is 5.13. The molecule has 0 radical (unpaired) electrons. The van der Waals surface area contributed by atoms with Gasteiger partial charge in [-0.15, -0.1) is 0 Å². The van der Waals surface area contributed by atoms with Gasteiger partial charge in [0, 0.05) is 19.3 Å². The van der Waals surface area contributed by atoms with Crippen LogP contribution in [0.15, 0.2) is 12.5 Å². The van der Waals surface area contributed by atoms with E-state index in [1.54, 1.807) is 6.26 Å². The van der Waals surface area contributed by atoms with Gasteiger partial charge < -0.3 is 9.64 Å². The van der Waals surface area contributed by atoms with Crippen molar-refractivity contribution in [2.45, 2.75) is 6.92 Å². The molecular formula is C6H11NO. The summed E-state index contributed by atoms with van der Waals surface area (Å²) in [4.78, 5) is 2.18. The van der Waals surface area contributed by atoms with E-state index in [0.717, 1.165) is 6.61 Å². The van der Waals surface area contributed by atoms with Crippen LogP contribution in [0.4, 0.5) is 0 Å². The molecule has 0 aromatic carbocycles. The third-order valence-electron chi connectivity index (χ3n) is 1.02. The van der Waals surface area contributed by atoms with Crippen LogP contribution >= 0.6 is 0 Å². The molecule has 0 aliphatic carbocycles. The number of hydrogen-bond donors (Lipinski definition) is 0. The van der Waals surface area contributed by atoms with E-state index < -0.39 is 0 Å². The van der Waals surface area contributed by atoms with Crippen molar-refractivity contribution in [3.8, 4) is 0 Å². The third-order valence-corrected chi connectivity index (χ3v) is 1.02. The molecule has 0 unspecified atom stereocenters. The molecule has 0 N–H and O–H groups in total. The van der Waals surface area contributed by atoms with E-state index >= 15 is 0 Å². The Hall–Kier alpha value is -0.660. The van der Waals surface area contributed by atoms with Gasteiger partial charge in [0.25, 0.3) is 0 Å². The van der Waals surface area contributed by atoms with Crippen molar-refractivity contribution in [3.05, 3.63) is 12.5 Å². The Labute approximate surface area is 49.7 Å². The SMILES string of the molecule is CCO/C=C\N1CC1. The lowest BCUT2D eigenvalue weighted by Crippen LogP contribution is -1.82. The summed E-state index contributed by atoms with van der Waals surface area (Å²) in [6.07, 6.45) is 3.72. The second-order valence-corrected chi connectivity index (χ2v) is 1.78. The second-order valence-electron chi connectivity index (χ2n) is 1.78. The van der Waals surface area contributed by atoms with E-state index in [4.69, 9.17) is 4.74 Å². The van der Waals surface area contributed by atoms with Gasteiger partial charge in [-0.3, -0.25) is 0 Å². The van der Waals surface area contributed by atoms with Gasteiger partial charge in [0.2, 0.25) is 0 Å². The fraction of sp³-hybridized carbons (Fsp3) is 0.667.